The number of benzene rings is 4. The lowest BCUT2D eigenvalue weighted by Crippen LogP contribution is -2.40. The van der Waals surface area contributed by atoms with Crippen LogP contribution < -0.4 is 15.4 Å². The first-order valence-corrected chi connectivity index (χ1v) is 20.8. The average Bonchev–Trinajstić information content (AvgIpc) is 3.21. The molecule has 3 N–H and O–H groups in total. The van der Waals surface area contributed by atoms with Gasteiger partial charge in [0.15, 0.2) is 6.29 Å². The number of carbonyl (C=O) groups is 1. The van der Waals surface area contributed by atoms with Gasteiger partial charge in [-0.3, -0.25) is 0 Å². The molecule has 1 heterocycles. The zero-order valence-electron chi connectivity index (χ0n) is 33.1. The summed E-state index contributed by atoms with van der Waals surface area (Å²) >= 11 is 0. The standard InChI is InChI=1S/C47H63N3O5/c1-3-5-7-9-11-16-31-50(32-17-12-10-8-6-4-2)35-44-34-45(38-25-23-37(36-51)24-26-38)55-46(54-44)39-19-18-20-41(33-39)49-47(52)48-40-27-29-43(30-28-40)53-42-21-14-13-15-22-42/h13-15,18-30,33,44-46,51H,3-12,16-17,31-32,34-36H2,1-2H3,(H2,48,49,52). The Kier molecular flexibility index (Phi) is 18.0. The maximum Gasteiger partial charge on any atom is 0.323 e. The summed E-state index contributed by atoms with van der Waals surface area (Å²) in [5.41, 5.74) is 4.09. The second-order valence-corrected chi connectivity index (χ2v) is 14.8. The lowest BCUT2D eigenvalue weighted by molar-refractivity contribution is -0.253. The SMILES string of the molecule is CCCCCCCCN(CCCCCCCC)CC1CC(c2ccc(CO)cc2)OC(c2cccc(NC(=O)Nc3ccc(Oc4ccccc4)cc3)c2)O1. The van der Waals surface area contributed by atoms with Crippen molar-refractivity contribution in [3.05, 3.63) is 120 Å². The van der Waals surface area contributed by atoms with E-state index >= 15 is 0 Å². The Bertz CT molecular complexity index is 1630. The summed E-state index contributed by atoms with van der Waals surface area (Å²) < 4.78 is 19.3. The maximum atomic E-state index is 13.1. The number of rotatable bonds is 23. The molecule has 55 heavy (non-hydrogen) atoms. The molecule has 3 atom stereocenters. The maximum absolute atomic E-state index is 13.1. The van der Waals surface area contributed by atoms with Gasteiger partial charge in [0.25, 0.3) is 0 Å². The van der Waals surface area contributed by atoms with Crippen molar-refractivity contribution < 1.29 is 24.1 Å². The first-order valence-electron chi connectivity index (χ1n) is 20.8. The number of anilines is 2. The number of para-hydroxylation sites is 1. The van der Waals surface area contributed by atoms with Gasteiger partial charge in [0, 0.05) is 29.9 Å². The van der Waals surface area contributed by atoms with Crippen molar-refractivity contribution in [2.45, 2.75) is 122 Å². The van der Waals surface area contributed by atoms with Crippen molar-refractivity contribution >= 4 is 17.4 Å². The molecule has 1 aliphatic rings. The van der Waals surface area contributed by atoms with E-state index in [9.17, 15) is 9.90 Å². The molecule has 5 rings (SSSR count). The summed E-state index contributed by atoms with van der Waals surface area (Å²) in [6.07, 6.45) is 15.3. The molecule has 0 radical (unpaired) electrons. The number of amides is 2. The van der Waals surface area contributed by atoms with Crippen LogP contribution in [0.2, 0.25) is 0 Å². The second-order valence-electron chi connectivity index (χ2n) is 14.8. The summed E-state index contributed by atoms with van der Waals surface area (Å²) in [6, 6.07) is 32.3. The molecule has 0 spiro atoms. The second kappa shape index (κ2) is 23.7. The van der Waals surface area contributed by atoms with Crippen LogP contribution in [0.15, 0.2) is 103 Å². The van der Waals surface area contributed by atoms with E-state index in [1.165, 1.54) is 77.0 Å². The highest BCUT2D eigenvalue weighted by atomic mass is 16.7. The minimum absolute atomic E-state index is 0.00731. The van der Waals surface area contributed by atoms with E-state index in [-0.39, 0.29) is 24.8 Å². The van der Waals surface area contributed by atoms with Crippen molar-refractivity contribution in [3.63, 3.8) is 0 Å². The fraction of sp³-hybridized carbons (Fsp3) is 0.468. The van der Waals surface area contributed by atoms with Crippen molar-refractivity contribution in [1.29, 1.82) is 0 Å². The lowest BCUT2D eigenvalue weighted by atomic mass is 9.99. The predicted molar refractivity (Wildman–Crippen MR) is 224 cm³/mol. The number of ether oxygens (including phenoxy) is 3. The van der Waals surface area contributed by atoms with Crippen LogP contribution in [0.4, 0.5) is 16.2 Å². The Labute approximate surface area is 329 Å². The highest BCUT2D eigenvalue weighted by Crippen LogP contribution is 2.39. The number of urea groups is 1. The number of carbonyl (C=O) groups excluding carboxylic acids is 1. The molecule has 0 aromatic heterocycles. The minimum atomic E-state index is -0.604. The van der Waals surface area contributed by atoms with Crippen LogP contribution in [0.1, 0.15) is 126 Å². The summed E-state index contributed by atoms with van der Waals surface area (Å²) in [7, 11) is 0. The first-order chi connectivity index (χ1) is 27.0. The van der Waals surface area contributed by atoms with E-state index in [1.807, 2.05) is 91.0 Å². The lowest BCUT2D eigenvalue weighted by Gasteiger charge is -2.38. The van der Waals surface area contributed by atoms with Crippen LogP contribution in [0.25, 0.3) is 0 Å². The Balaban J connectivity index is 1.24. The zero-order valence-corrected chi connectivity index (χ0v) is 33.1. The third-order valence-corrected chi connectivity index (χ3v) is 10.2. The van der Waals surface area contributed by atoms with Crippen LogP contribution >= 0.6 is 0 Å². The highest BCUT2D eigenvalue weighted by Gasteiger charge is 2.33. The van der Waals surface area contributed by atoms with Crippen molar-refractivity contribution in [3.8, 4) is 11.5 Å². The van der Waals surface area contributed by atoms with E-state index in [0.717, 1.165) is 48.5 Å². The van der Waals surface area contributed by atoms with Gasteiger partial charge in [-0.2, -0.15) is 0 Å². The molecule has 3 unspecified atom stereocenters. The van der Waals surface area contributed by atoms with Gasteiger partial charge in [-0.15, -0.1) is 0 Å². The van der Waals surface area contributed by atoms with Crippen molar-refractivity contribution in [1.82, 2.24) is 4.90 Å². The van der Waals surface area contributed by atoms with Crippen LogP contribution in [0.5, 0.6) is 11.5 Å². The van der Waals surface area contributed by atoms with E-state index in [4.69, 9.17) is 14.2 Å². The predicted octanol–water partition coefficient (Wildman–Crippen LogP) is 12.2. The number of nitrogens with zero attached hydrogens (tertiary/aromatic N) is 1. The molecule has 296 valence electrons. The Morgan fingerprint density at radius 1 is 0.673 bits per heavy atom. The van der Waals surface area contributed by atoms with Crippen molar-refractivity contribution in [2.24, 2.45) is 0 Å². The van der Waals surface area contributed by atoms with Gasteiger partial charge in [-0.25, -0.2) is 4.79 Å². The van der Waals surface area contributed by atoms with Gasteiger partial charge in [0.05, 0.1) is 18.8 Å². The molecule has 1 aliphatic heterocycles. The van der Waals surface area contributed by atoms with Crippen LogP contribution in [0.3, 0.4) is 0 Å². The van der Waals surface area contributed by atoms with Gasteiger partial charge >= 0.3 is 6.03 Å². The fourth-order valence-corrected chi connectivity index (χ4v) is 7.13. The third-order valence-electron chi connectivity index (χ3n) is 10.2. The van der Waals surface area contributed by atoms with Gasteiger partial charge in [0.2, 0.25) is 0 Å². The number of hydrogen-bond donors (Lipinski definition) is 3. The van der Waals surface area contributed by atoms with Crippen molar-refractivity contribution in [2.75, 3.05) is 30.3 Å². The van der Waals surface area contributed by atoms with Crippen LogP contribution in [-0.2, 0) is 16.1 Å². The minimum Gasteiger partial charge on any atom is -0.457 e. The molecule has 0 saturated carbocycles. The molecule has 1 saturated heterocycles. The number of unbranched alkanes of at least 4 members (excludes halogenated alkanes) is 10. The Morgan fingerprint density at radius 3 is 1.95 bits per heavy atom. The molecule has 0 bridgehead atoms. The third kappa shape index (κ3) is 14.8. The highest BCUT2D eigenvalue weighted by molar-refractivity contribution is 5.99. The average molecular weight is 750 g/mol. The quantitative estimate of drug-likeness (QED) is 0.0654. The van der Waals surface area contributed by atoms with E-state index in [0.29, 0.717) is 17.1 Å². The summed E-state index contributed by atoms with van der Waals surface area (Å²) in [6.45, 7) is 7.56. The van der Waals surface area contributed by atoms with E-state index in [1.54, 1.807) is 0 Å². The van der Waals surface area contributed by atoms with Crippen LogP contribution in [-0.4, -0.2) is 41.8 Å². The largest absolute Gasteiger partial charge is 0.457 e. The number of aliphatic hydroxyl groups excluding tert-OH is 1. The molecule has 4 aromatic rings. The molecule has 8 nitrogen and oxygen atoms in total. The monoisotopic (exact) mass is 749 g/mol. The first kappa shape index (κ1) is 41.9. The summed E-state index contributed by atoms with van der Waals surface area (Å²) in [4.78, 5) is 15.7. The van der Waals surface area contributed by atoms with E-state index < -0.39 is 6.29 Å². The molecule has 2 amide bonds. The molecule has 0 aliphatic carbocycles. The molecular formula is C47H63N3O5. The van der Waals surface area contributed by atoms with Gasteiger partial charge in [-0.1, -0.05) is 133 Å². The zero-order chi connectivity index (χ0) is 38.5. The smallest absolute Gasteiger partial charge is 0.323 e. The Morgan fingerprint density at radius 2 is 1.29 bits per heavy atom. The fourth-order valence-electron chi connectivity index (χ4n) is 7.13. The molecule has 8 heteroatoms. The Hall–Kier alpha value is -4.21. The van der Waals surface area contributed by atoms with E-state index in [2.05, 4.69) is 41.5 Å². The molecule has 4 aromatic carbocycles. The summed E-state index contributed by atoms with van der Waals surface area (Å²) in [5.74, 6) is 1.44. The normalized spacial score (nSPS) is 16.9. The number of hydrogen-bond acceptors (Lipinski definition) is 6. The topological polar surface area (TPSA) is 92.3 Å². The number of nitrogens with one attached hydrogen (secondary N) is 2. The van der Waals surface area contributed by atoms with Crippen LogP contribution in [0, 0.1) is 0 Å². The van der Waals surface area contributed by atoms with Gasteiger partial charge in [-0.05, 0) is 85.6 Å². The van der Waals surface area contributed by atoms with Gasteiger partial charge < -0.3 is 34.9 Å². The summed E-state index contributed by atoms with van der Waals surface area (Å²) in [5, 5.41) is 15.6. The molecule has 1 fully saturated rings. The number of aliphatic hydroxyl groups is 1. The molecular weight excluding hydrogens is 687 g/mol. The van der Waals surface area contributed by atoms with Gasteiger partial charge in [0.1, 0.15) is 11.5 Å².